The zero-order valence-corrected chi connectivity index (χ0v) is 15.2. The van der Waals surface area contributed by atoms with Gasteiger partial charge in [0.2, 0.25) is 11.8 Å². The van der Waals surface area contributed by atoms with Crippen LogP contribution in [0.25, 0.3) is 10.8 Å². The monoisotopic (exact) mass is 372 g/mol. The Kier molecular flexibility index (Phi) is 6.05. The average molecular weight is 372 g/mol. The Bertz CT molecular complexity index is 947. The van der Waals surface area contributed by atoms with Crippen molar-refractivity contribution in [2.24, 2.45) is 0 Å². The van der Waals surface area contributed by atoms with Crippen LogP contribution in [0.4, 0.5) is 0 Å². The van der Waals surface area contributed by atoms with Gasteiger partial charge in [0.15, 0.2) is 0 Å². The fourth-order valence-electron chi connectivity index (χ4n) is 3.33. The molecule has 2 N–H and O–H groups in total. The lowest BCUT2D eigenvalue weighted by molar-refractivity contribution is -0.130. The molecule has 0 spiro atoms. The zero-order valence-electron chi connectivity index (χ0n) is 15.2. The van der Waals surface area contributed by atoms with Gasteiger partial charge >= 0.3 is 0 Å². The first-order valence-corrected chi connectivity index (χ1v) is 9.32. The molecule has 144 valence electrons. The predicted octanol–water partition coefficient (Wildman–Crippen LogP) is 0.599. The van der Waals surface area contributed by atoms with Gasteiger partial charge in [0, 0.05) is 26.1 Å². The minimum absolute atomic E-state index is 0.180. The van der Waals surface area contributed by atoms with Crippen LogP contribution in [0, 0.1) is 0 Å². The number of rotatable bonds is 6. The SMILES string of the molecule is O=C(Cn1[nH]c(=O)c2ccccc2c1=O)NCCCN1CCCCCC1=O. The first-order chi connectivity index (χ1) is 13.1. The molecule has 2 amide bonds. The number of amides is 2. The Morgan fingerprint density at radius 2 is 1.85 bits per heavy atom. The normalized spacial score (nSPS) is 15.0. The van der Waals surface area contributed by atoms with E-state index in [1.54, 1.807) is 24.3 Å². The number of nitrogens with zero attached hydrogens (tertiary/aromatic N) is 2. The highest BCUT2D eigenvalue weighted by Gasteiger charge is 2.16. The molecule has 8 heteroatoms. The van der Waals surface area contributed by atoms with E-state index in [-0.39, 0.29) is 23.7 Å². The Morgan fingerprint density at radius 1 is 1.07 bits per heavy atom. The number of aromatic amines is 1. The molecular weight excluding hydrogens is 348 g/mol. The third kappa shape index (κ3) is 4.64. The van der Waals surface area contributed by atoms with Gasteiger partial charge in [0.05, 0.1) is 10.8 Å². The van der Waals surface area contributed by atoms with Crippen LogP contribution in [0.2, 0.25) is 0 Å². The summed E-state index contributed by atoms with van der Waals surface area (Å²) < 4.78 is 1.03. The summed E-state index contributed by atoms with van der Waals surface area (Å²) in [5.74, 6) is -0.177. The summed E-state index contributed by atoms with van der Waals surface area (Å²) in [6.45, 7) is 1.56. The molecule has 0 aliphatic carbocycles. The Balaban J connectivity index is 1.53. The maximum Gasteiger partial charge on any atom is 0.273 e. The molecule has 0 unspecified atom stereocenters. The molecule has 1 aliphatic heterocycles. The van der Waals surface area contributed by atoms with Crippen molar-refractivity contribution in [2.45, 2.75) is 38.6 Å². The number of hydrogen-bond donors (Lipinski definition) is 2. The summed E-state index contributed by atoms with van der Waals surface area (Å²) in [5.41, 5.74) is -0.812. The van der Waals surface area contributed by atoms with E-state index in [0.717, 1.165) is 30.5 Å². The number of nitrogens with one attached hydrogen (secondary N) is 2. The zero-order chi connectivity index (χ0) is 19.2. The molecule has 0 bridgehead atoms. The topological polar surface area (TPSA) is 104 Å². The van der Waals surface area contributed by atoms with Crippen LogP contribution < -0.4 is 16.4 Å². The van der Waals surface area contributed by atoms with Crippen molar-refractivity contribution >= 4 is 22.6 Å². The summed E-state index contributed by atoms with van der Waals surface area (Å²) >= 11 is 0. The number of carbonyl (C=O) groups is 2. The quantitative estimate of drug-likeness (QED) is 0.725. The molecule has 3 rings (SSSR count). The molecule has 27 heavy (non-hydrogen) atoms. The van der Waals surface area contributed by atoms with Gasteiger partial charge in [-0.05, 0) is 31.4 Å². The number of carbonyl (C=O) groups excluding carboxylic acids is 2. The van der Waals surface area contributed by atoms with E-state index in [9.17, 15) is 19.2 Å². The van der Waals surface area contributed by atoms with Crippen LogP contribution in [0.1, 0.15) is 32.1 Å². The molecule has 8 nitrogen and oxygen atoms in total. The van der Waals surface area contributed by atoms with Gasteiger partial charge in [-0.3, -0.25) is 24.3 Å². The summed E-state index contributed by atoms with van der Waals surface area (Å²) in [7, 11) is 0. The Morgan fingerprint density at radius 3 is 2.67 bits per heavy atom. The minimum Gasteiger partial charge on any atom is -0.354 e. The lowest BCUT2D eigenvalue weighted by Crippen LogP contribution is -2.38. The summed E-state index contributed by atoms with van der Waals surface area (Å²) in [4.78, 5) is 50.3. The number of likely N-dealkylation sites (tertiary alicyclic amines) is 1. The molecule has 2 heterocycles. The van der Waals surface area contributed by atoms with Gasteiger partial charge < -0.3 is 10.2 Å². The smallest absolute Gasteiger partial charge is 0.273 e. The van der Waals surface area contributed by atoms with E-state index in [4.69, 9.17) is 0 Å². The van der Waals surface area contributed by atoms with Crippen molar-refractivity contribution in [1.29, 1.82) is 0 Å². The van der Waals surface area contributed by atoms with Gasteiger partial charge in [0.25, 0.3) is 11.1 Å². The van der Waals surface area contributed by atoms with E-state index in [0.29, 0.717) is 31.3 Å². The molecular formula is C19H24N4O4. The van der Waals surface area contributed by atoms with E-state index < -0.39 is 11.1 Å². The molecule has 0 atom stereocenters. The van der Waals surface area contributed by atoms with E-state index in [1.165, 1.54) is 0 Å². The fraction of sp³-hybridized carbons (Fsp3) is 0.474. The molecule has 0 radical (unpaired) electrons. The van der Waals surface area contributed by atoms with Gasteiger partial charge in [-0.2, -0.15) is 0 Å². The van der Waals surface area contributed by atoms with Crippen LogP contribution in [0.3, 0.4) is 0 Å². The number of benzene rings is 1. The van der Waals surface area contributed by atoms with Crippen molar-refractivity contribution in [3.63, 3.8) is 0 Å². The lowest BCUT2D eigenvalue weighted by atomic mass is 10.2. The minimum atomic E-state index is -0.407. The van der Waals surface area contributed by atoms with Crippen molar-refractivity contribution in [2.75, 3.05) is 19.6 Å². The highest BCUT2D eigenvalue weighted by molar-refractivity contribution is 5.81. The molecule has 1 aromatic heterocycles. The van der Waals surface area contributed by atoms with Crippen LogP contribution in [0.5, 0.6) is 0 Å². The molecule has 2 aromatic rings. The second kappa shape index (κ2) is 8.66. The van der Waals surface area contributed by atoms with Crippen molar-refractivity contribution in [3.05, 3.63) is 45.0 Å². The summed E-state index contributed by atoms with van der Waals surface area (Å²) in [6, 6.07) is 6.50. The summed E-state index contributed by atoms with van der Waals surface area (Å²) in [6.07, 6.45) is 4.31. The van der Waals surface area contributed by atoms with E-state index in [2.05, 4.69) is 10.4 Å². The molecule has 1 aliphatic rings. The van der Waals surface area contributed by atoms with E-state index in [1.807, 2.05) is 4.90 Å². The van der Waals surface area contributed by atoms with Gasteiger partial charge in [-0.1, -0.05) is 18.6 Å². The standard InChI is InChI=1S/C19H24N4O4/c24-16(20-10-6-12-22-11-5-1-2-9-17(22)25)13-23-19(27)15-8-4-3-7-14(15)18(26)21-23/h3-4,7-8H,1-2,5-6,9-13H2,(H,20,24)(H,21,26). The van der Waals surface area contributed by atoms with Crippen LogP contribution in [0.15, 0.2) is 33.9 Å². The molecule has 1 saturated heterocycles. The number of fused-ring (bicyclic) bond motifs is 1. The van der Waals surface area contributed by atoms with Crippen molar-refractivity contribution in [3.8, 4) is 0 Å². The third-order valence-electron chi connectivity index (χ3n) is 4.78. The largest absolute Gasteiger partial charge is 0.354 e. The second-order valence-electron chi connectivity index (χ2n) is 6.77. The van der Waals surface area contributed by atoms with Crippen LogP contribution in [-0.2, 0) is 16.1 Å². The van der Waals surface area contributed by atoms with Crippen molar-refractivity contribution in [1.82, 2.24) is 20.0 Å². The summed E-state index contributed by atoms with van der Waals surface area (Å²) in [5, 5.41) is 5.77. The lowest BCUT2D eigenvalue weighted by Gasteiger charge is -2.20. The fourth-order valence-corrected chi connectivity index (χ4v) is 3.33. The maximum absolute atomic E-state index is 12.4. The number of aromatic nitrogens is 2. The molecule has 0 saturated carbocycles. The maximum atomic E-state index is 12.4. The Labute approximate surface area is 156 Å². The Hall–Kier alpha value is -2.90. The first-order valence-electron chi connectivity index (χ1n) is 9.32. The van der Waals surface area contributed by atoms with Crippen LogP contribution in [-0.4, -0.2) is 46.1 Å². The average Bonchev–Trinajstić information content (AvgIpc) is 2.87. The number of H-pyrrole nitrogens is 1. The highest BCUT2D eigenvalue weighted by Crippen LogP contribution is 2.11. The van der Waals surface area contributed by atoms with Gasteiger partial charge in [-0.25, -0.2) is 4.68 Å². The van der Waals surface area contributed by atoms with Gasteiger partial charge in [-0.15, -0.1) is 0 Å². The van der Waals surface area contributed by atoms with Gasteiger partial charge in [0.1, 0.15) is 6.54 Å². The molecule has 1 fully saturated rings. The van der Waals surface area contributed by atoms with Crippen molar-refractivity contribution < 1.29 is 9.59 Å². The predicted molar refractivity (Wildman–Crippen MR) is 102 cm³/mol. The number of hydrogen-bond acceptors (Lipinski definition) is 4. The van der Waals surface area contributed by atoms with E-state index >= 15 is 0 Å². The van der Waals surface area contributed by atoms with Crippen LogP contribution >= 0.6 is 0 Å². The molecule has 1 aromatic carbocycles. The first kappa shape index (κ1) is 18.9. The highest BCUT2D eigenvalue weighted by atomic mass is 16.2. The third-order valence-corrected chi connectivity index (χ3v) is 4.78. The second-order valence-corrected chi connectivity index (χ2v) is 6.77.